The van der Waals surface area contributed by atoms with Crippen LogP contribution < -0.4 is 11.1 Å². The van der Waals surface area contributed by atoms with Crippen molar-refractivity contribution < 1.29 is 14.4 Å². The fourth-order valence-corrected chi connectivity index (χ4v) is 2.36. The van der Waals surface area contributed by atoms with Crippen LogP contribution in [0.2, 0.25) is 0 Å². The number of thioether (sulfide) groups is 1. The number of aldehydes is 2. The van der Waals surface area contributed by atoms with Crippen LogP contribution >= 0.6 is 11.8 Å². The van der Waals surface area contributed by atoms with Crippen LogP contribution in [0.4, 0.5) is 0 Å². The Hall–Kier alpha value is -0.880. The number of carbonyl (C=O) groups is 3. The summed E-state index contributed by atoms with van der Waals surface area (Å²) >= 11 is 1.72. The maximum absolute atomic E-state index is 10.8. The molecule has 98 valence electrons. The standard InChI is InChI=1S/C6H12N2OS.C5H8O2/c1-6(2)4(5(7)9)8-3-10-6;6-4-2-1-3-5-7/h4,8H,3H2,1-2H3,(H2,7,9);4-5H,1-3H2. The number of hydrogen-bond donors (Lipinski definition) is 2. The molecule has 6 heteroatoms. The molecule has 1 saturated heterocycles. The minimum Gasteiger partial charge on any atom is -0.368 e. The summed E-state index contributed by atoms with van der Waals surface area (Å²) in [5.41, 5.74) is 5.16. The summed E-state index contributed by atoms with van der Waals surface area (Å²) < 4.78 is -0.0359. The first-order valence-corrected chi connectivity index (χ1v) is 6.48. The Kier molecular flexibility index (Phi) is 7.82. The van der Waals surface area contributed by atoms with Gasteiger partial charge < -0.3 is 15.3 Å². The number of hydrogen-bond acceptors (Lipinski definition) is 5. The summed E-state index contributed by atoms with van der Waals surface area (Å²) in [6, 6.07) is -0.169. The predicted octanol–water partition coefficient (Wildman–Crippen LogP) is 0.467. The zero-order chi connectivity index (χ0) is 13.3. The molecule has 0 radical (unpaired) electrons. The Balaban J connectivity index is 0.000000325. The third-order valence-electron chi connectivity index (χ3n) is 2.36. The molecule has 0 spiro atoms. The van der Waals surface area contributed by atoms with Crippen molar-refractivity contribution in [1.82, 2.24) is 5.32 Å². The van der Waals surface area contributed by atoms with Crippen molar-refractivity contribution >= 4 is 30.2 Å². The normalized spacial score (nSPS) is 21.2. The second-order valence-electron chi connectivity index (χ2n) is 4.20. The first kappa shape index (κ1) is 16.1. The second-order valence-corrected chi connectivity index (χ2v) is 5.83. The van der Waals surface area contributed by atoms with E-state index in [0.717, 1.165) is 18.4 Å². The van der Waals surface area contributed by atoms with Crippen LogP contribution in [0.5, 0.6) is 0 Å². The number of nitrogens with two attached hydrogens (primary N) is 1. The zero-order valence-electron chi connectivity index (χ0n) is 10.3. The van der Waals surface area contributed by atoms with Crippen molar-refractivity contribution in [2.45, 2.75) is 43.9 Å². The van der Waals surface area contributed by atoms with Gasteiger partial charge in [0.15, 0.2) is 0 Å². The number of amides is 1. The molecule has 3 N–H and O–H groups in total. The summed E-state index contributed by atoms with van der Waals surface area (Å²) in [5, 5.41) is 3.03. The maximum Gasteiger partial charge on any atom is 0.236 e. The summed E-state index contributed by atoms with van der Waals surface area (Å²) in [6.45, 7) is 4.04. The third-order valence-corrected chi connectivity index (χ3v) is 3.65. The van der Waals surface area contributed by atoms with Crippen LogP contribution in [-0.4, -0.2) is 35.1 Å². The van der Waals surface area contributed by atoms with Gasteiger partial charge in [-0.1, -0.05) is 0 Å². The highest BCUT2D eigenvalue weighted by molar-refractivity contribution is 8.00. The molecule has 0 aromatic heterocycles. The Labute approximate surface area is 106 Å². The summed E-state index contributed by atoms with van der Waals surface area (Å²) in [5.74, 6) is 0.565. The van der Waals surface area contributed by atoms with E-state index in [1.165, 1.54) is 0 Å². The van der Waals surface area contributed by atoms with E-state index in [2.05, 4.69) is 5.32 Å². The van der Waals surface area contributed by atoms with E-state index in [-0.39, 0.29) is 16.7 Å². The van der Waals surface area contributed by atoms with Gasteiger partial charge in [-0.25, -0.2) is 0 Å². The quantitative estimate of drug-likeness (QED) is 0.554. The molecule has 1 heterocycles. The molecule has 17 heavy (non-hydrogen) atoms. The van der Waals surface area contributed by atoms with Gasteiger partial charge in [-0.15, -0.1) is 11.8 Å². The van der Waals surface area contributed by atoms with E-state index < -0.39 is 0 Å². The summed E-state index contributed by atoms with van der Waals surface area (Å²) in [6.07, 6.45) is 3.37. The van der Waals surface area contributed by atoms with Crippen LogP contribution in [-0.2, 0) is 14.4 Å². The molecule has 1 fully saturated rings. The van der Waals surface area contributed by atoms with Crippen molar-refractivity contribution in [2.75, 3.05) is 5.88 Å². The first-order chi connectivity index (χ1) is 7.95. The smallest absolute Gasteiger partial charge is 0.236 e. The molecule has 0 aromatic carbocycles. The van der Waals surface area contributed by atoms with Gasteiger partial charge in [0.1, 0.15) is 18.6 Å². The number of primary amides is 1. The molecular weight excluding hydrogens is 240 g/mol. The minimum absolute atomic E-state index is 0.0359. The highest BCUT2D eigenvalue weighted by Gasteiger charge is 2.38. The Morgan fingerprint density at radius 2 is 1.94 bits per heavy atom. The van der Waals surface area contributed by atoms with Gasteiger partial charge >= 0.3 is 0 Å². The van der Waals surface area contributed by atoms with Gasteiger partial charge in [0, 0.05) is 23.5 Å². The number of carbonyl (C=O) groups excluding carboxylic acids is 3. The van der Waals surface area contributed by atoms with Crippen LogP contribution in [0, 0.1) is 0 Å². The lowest BCUT2D eigenvalue weighted by atomic mass is 10.0. The number of unbranched alkanes of at least 4 members (excludes halogenated alkanes) is 2. The maximum atomic E-state index is 10.8. The highest BCUT2D eigenvalue weighted by Crippen LogP contribution is 2.32. The fraction of sp³-hybridized carbons (Fsp3) is 0.727. The fourth-order valence-electron chi connectivity index (χ4n) is 1.37. The molecule has 0 aromatic rings. The molecule has 1 atom stereocenters. The first-order valence-electron chi connectivity index (χ1n) is 5.49. The molecule has 1 aliphatic heterocycles. The second kappa shape index (κ2) is 8.25. The molecule has 5 nitrogen and oxygen atoms in total. The molecular formula is C11H20N2O3S. The Bertz CT molecular complexity index is 261. The molecule has 1 unspecified atom stereocenters. The van der Waals surface area contributed by atoms with Crippen molar-refractivity contribution in [3.8, 4) is 0 Å². The van der Waals surface area contributed by atoms with Crippen molar-refractivity contribution in [3.05, 3.63) is 0 Å². The molecule has 0 bridgehead atoms. The molecule has 0 aliphatic carbocycles. The van der Waals surface area contributed by atoms with Crippen LogP contribution in [0.1, 0.15) is 33.1 Å². The van der Waals surface area contributed by atoms with Crippen molar-refractivity contribution in [3.63, 3.8) is 0 Å². The number of rotatable bonds is 5. The largest absolute Gasteiger partial charge is 0.368 e. The SMILES string of the molecule is CC1(C)SCNC1C(N)=O.O=CCCCC=O. The zero-order valence-corrected chi connectivity index (χ0v) is 11.1. The van der Waals surface area contributed by atoms with Gasteiger partial charge in [0.25, 0.3) is 0 Å². The average molecular weight is 260 g/mol. The predicted molar refractivity (Wildman–Crippen MR) is 68.6 cm³/mol. The monoisotopic (exact) mass is 260 g/mol. The summed E-state index contributed by atoms with van der Waals surface area (Å²) in [7, 11) is 0. The van der Waals surface area contributed by atoms with Gasteiger partial charge in [0.2, 0.25) is 5.91 Å². The lowest BCUT2D eigenvalue weighted by Crippen LogP contribution is -2.47. The van der Waals surface area contributed by atoms with Crippen LogP contribution in [0.25, 0.3) is 0 Å². The molecule has 0 saturated carbocycles. The molecule has 1 aliphatic rings. The van der Waals surface area contributed by atoms with E-state index in [0.29, 0.717) is 19.3 Å². The third kappa shape index (κ3) is 6.43. The number of nitrogens with one attached hydrogen (secondary N) is 1. The van der Waals surface area contributed by atoms with Crippen molar-refractivity contribution in [2.24, 2.45) is 5.73 Å². The van der Waals surface area contributed by atoms with E-state index in [9.17, 15) is 14.4 Å². The molecule has 1 rings (SSSR count). The lowest BCUT2D eigenvalue weighted by molar-refractivity contribution is -0.120. The average Bonchev–Trinajstić information content (AvgIpc) is 2.60. The minimum atomic E-state index is -0.255. The topological polar surface area (TPSA) is 89.3 Å². The summed E-state index contributed by atoms with van der Waals surface area (Å²) in [4.78, 5) is 29.9. The Morgan fingerprint density at radius 1 is 1.41 bits per heavy atom. The van der Waals surface area contributed by atoms with Crippen molar-refractivity contribution in [1.29, 1.82) is 0 Å². The highest BCUT2D eigenvalue weighted by atomic mass is 32.2. The van der Waals surface area contributed by atoms with E-state index >= 15 is 0 Å². The van der Waals surface area contributed by atoms with Gasteiger partial charge in [0.05, 0.1) is 0 Å². The Morgan fingerprint density at radius 3 is 2.18 bits per heavy atom. The van der Waals surface area contributed by atoms with E-state index in [1.807, 2.05) is 13.8 Å². The van der Waals surface area contributed by atoms with Crippen LogP contribution in [0.15, 0.2) is 0 Å². The lowest BCUT2D eigenvalue weighted by Gasteiger charge is -2.21. The van der Waals surface area contributed by atoms with E-state index in [4.69, 9.17) is 5.73 Å². The van der Waals surface area contributed by atoms with Gasteiger partial charge in [-0.3, -0.25) is 10.1 Å². The van der Waals surface area contributed by atoms with Gasteiger partial charge in [-0.05, 0) is 20.3 Å². The van der Waals surface area contributed by atoms with Crippen LogP contribution in [0.3, 0.4) is 0 Å². The van der Waals surface area contributed by atoms with E-state index in [1.54, 1.807) is 11.8 Å². The molecule has 1 amide bonds. The van der Waals surface area contributed by atoms with Gasteiger partial charge in [-0.2, -0.15) is 0 Å².